The predicted octanol–water partition coefficient (Wildman–Crippen LogP) is 5.27. The van der Waals surface area contributed by atoms with Gasteiger partial charge in [0.1, 0.15) is 15.6 Å². The van der Waals surface area contributed by atoms with E-state index in [1.807, 2.05) is 31.2 Å². The van der Waals surface area contributed by atoms with E-state index in [2.05, 4.69) is 56.6 Å². The first kappa shape index (κ1) is 19.8. The fourth-order valence-electron chi connectivity index (χ4n) is 3.18. The van der Waals surface area contributed by atoms with Gasteiger partial charge >= 0.3 is 6.01 Å². The molecule has 0 aliphatic carbocycles. The number of amidine groups is 1. The van der Waals surface area contributed by atoms with Crippen molar-refractivity contribution in [2.24, 2.45) is 10.7 Å². The normalized spacial score (nSPS) is 11.6. The van der Waals surface area contributed by atoms with Crippen LogP contribution < -0.4 is 5.73 Å². The molecule has 0 aliphatic rings. The maximum absolute atomic E-state index is 5.99. The molecular weight excluding hydrogens is 420 g/mol. The van der Waals surface area contributed by atoms with Crippen LogP contribution in [0.3, 0.4) is 0 Å². The Morgan fingerprint density at radius 2 is 1.59 bits per heavy atom. The van der Waals surface area contributed by atoms with E-state index in [4.69, 9.17) is 15.1 Å². The van der Waals surface area contributed by atoms with E-state index in [1.54, 1.807) is 18.3 Å². The van der Waals surface area contributed by atoms with E-state index < -0.39 is 0 Å². The molecule has 0 spiro atoms. The van der Waals surface area contributed by atoms with E-state index in [1.165, 1.54) is 16.9 Å². The third-order valence-corrected chi connectivity index (χ3v) is 5.98. The smallest absolute Gasteiger partial charge is 0.344 e. The van der Waals surface area contributed by atoms with Gasteiger partial charge in [-0.05, 0) is 30.2 Å². The van der Waals surface area contributed by atoms with Gasteiger partial charge in [0.2, 0.25) is 0 Å². The predicted molar refractivity (Wildman–Crippen MR) is 126 cm³/mol. The van der Waals surface area contributed by atoms with Gasteiger partial charge in [0.15, 0.2) is 5.84 Å². The topological polar surface area (TPSA) is 103 Å². The summed E-state index contributed by atoms with van der Waals surface area (Å²) in [5.41, 5.74) is 10.7. The second-order valence-electron chi connectivity index (χ2n) is 6.98. The highest BCUT2D eigenvalue weighted by Crippen LogP contribution is 2.36. The van der Waals surface area contributed by atoms with Crippen LogP contribution in [-0.4, -0.2) is 26.0 Å². The molecule has 3 aromatic heterocycles. The number of nitrogens with zero attached hydrogens (tertiary/aromatic N) is 5. The van der Waals surface area contributed by atoms with Crippen LogP contribution in [0.5, 0.6) is 0 Å². The van der Waals surface area contributed by atoms with Crippen molar-refractivity contribution in [3.05, 3.63) is 90.4 Å². The summed E-state index contributed by atoms with van der Waals surface area (Å²) in [6.07, 6.45) is 1.64. The van der Waals surface area contributed by atoms with E-state index in [0.29, 0.717) is 11.6 Å². The number of rotatable bonds is 5. The number of aromatic nitrogens is 4. The fraction of sp³-hybridized carbons (Fsp3) is 0.0417. The number of thiazole rings is 1. The Labute approximate surface area is 188 Å². The van der Waals surface area contributed by atoms with Crippen LogP contribution in [0.15, 0.2) is 88.4 Å². The molecule has 0 radical (unpaired) electrons. The highest BCUT2D eigenvalue weighted by molar-refractivity contribution is 7.18. The van der Waals surface area contributed by atoms with Crippen molar-refractivity contribution in [1.29, 1.82) is 0 Å². The summed E-state index contributed by atoms with van der Waals surface area (Å²) in [6, 6.07) is 24.1. The van der Waals surface area contributed by atoms with E-state index in [0.717, 1.165) is 26.7 Å². The Morgan fingerprint density at radius 1 is 0.875 bits per heavy atom. The number of aliphatic imine (C=N–C) groups is 1. The summed E-state index contributed by atoms with van der Waals surface area (Å²) in [6.45, 7) is 1.92. The second-order valence-corrected chi connectivity index (χ2v) is 7.98. The third kappa shape index (κ3) is 4.03. The van der Waals surface area contributed by atoms with Crippen LogP contribution in [0.4, 0.5) is 6.01 Å². The highest BCUT2D eigenvalue weighted by Gasteiger charge is 2.17. The van der Waals surface area contributed by atoms with Crippen LogP contribution in [-0.2, 0) is 0 Å². The summed E-state index contributed by atoms with van der Waals surface area (Å²) in [5, 5.41) is 9.00. The van der Waals surface area contributed by atoms with Crippen molar-refractivity contribution in [2.45, 2.75) is 6.92 Å². The first-order valence-corrected chi connectivity index (χ1v) is 10.7. The molecule has 3 heterocycles. The largest absolute Gasteiger partial charge is 0.401 e. The molecule has 0 fully saturated rings. The Hall–Kier alpha value is -4.17. The van der Waals surface area contributed by atoms with Crippen LogP contribution in [0.2, 0.25) is 0 Å². The monoisotopic (exact) mass is 438 g/mol. The maximum atomic E-state index is 5.99. The molecule has 0 saturated heterocycles. The van der Waals surface area contributed by atoms with Gasteiger partial charge in [-0.2, -0.15) is 4.99 Å². The molecule has 32 heavy (non-hydrogen) atoms. The zero-order valence-corrected chi connectivity index (χ0v) is 18.0. The summed E-state index contributed by atoms with van der Waals surface area (Å²) in [4.78, 5) is 13.8. The molecule has 2 N–H and O–H groups in total. The van der Waals surface area contributed by atoms with E-state index in [9.17, 15) is 0 Å². The summed E-state index contributed by atoms with van der Waals surface area (Å²) in [7, 11) is 0. The van der Waals surface area contributed by atoms with E-state index >= 15 is 0 Å². The molecule has 0 saturated carbocycles. The van der Waals surface area contributed by atoms with Crippen LogP contribution in [0.1, 0.15) is 11.4 Å². The number of pyridine rings is 1. The minimum absolute atomic E-state index is 0.0738. The average molecular weight is 439 g/mol. The van der Waals surface area contributed by atoms with Gasteiger partial charge in [0.05, 0.1) is 5.69 Å². The lowest BCUT2D eigenvalue weighted by atomic mass is 10.0. The lowest BCUT2D eigenvalue weighted by molar-refractivity contribution is 0.580. The molecule has 0 bridgehead atoms. The molecule has 2 aromatic carbocycles. The van der Waals surface area contributed by atoms with Gasteiger partial charge in [-0.1, -0.05) is 65.8 Å². The Bertz CT molecular complexity index is 1380. The lowest BCUT2D eigenvalue weighted by Gasteiger charge is -2.02. The van der Waals surface area contributed by atoms with Crippen molar-refractivity contribution >= 4 is 23.2 Å². The van der Waals surface area contributed by atoms with E-state index in [-0.39, 0.29) is 11.9 Å². The Morgan fingerprint density at radius 3 is 2.34 bits per heavy atom. The van der Waals surface area contributed by atoms with Crippen LogP contribution >= 0.6 is 11.3 Å². The molecule has 5 rings (SSSR count). The molecule has 0 amide bonds. The first-order chi connectivity index (χ1) is 15.7. The fourth-order valence-corrected chi connectivity index (χ4v) is 4.17. The van der Waals surface area contributed by atoms with Gasteiger partial charge < -0.3 is 10.2 Å². The van der Waals surface area contributed by atoms with Crippen molar-refractivity contribution < 1.29 is 4.42 Å². The van der Waals surface area contributed by atoms with Gasteiger partial charge in [-0.3, -0.25) is 4.98 Å². The molecule has 0 aliphatic heterocycles. The molecular formula is C24H18N6OS. The second kappa shape index (κ2) is 8.52. The quantitative estimate of drug-likeness (QED) is 0.296. The zero-order chi connectivity index (χ0) is 21.9. The van der Waals surface area contributed by atoms with Crippen LogP contribution in [0.25, 0.3) is 32.5 Å². The molecule has 0 atom stereocenters. The van der Waals surface area contributed by atoms with Gasteiger partial charge in [0.25, 0.3) is 5.89 Å². The molecule has 156 valence electrons. The molecule has 8 heteroatoms. The number of benzene rings is 2. The first-order valence-electron chi connectivity index (χ1n) is 9.90. The number of nitrogens with two attached hydrogens (primary N) is 1. The summed E-state index contributed by atoms with van der Waals surface area (Å²) >= 11 is 1.50. The Balaban J connectivity index is 1.40. The zero-order valence-electron chi connectivity index (χ0n) is 17.1. The number of hydrogen-bond donors (Lipinski definition) is 1. The molecule has 7 nitrogen and oxygen atoms in total. The van der Waals surface area contributed by atoms with Crippen molar-refractivity contribution in [3.63, 3.8) is 0 Å². The van der Waals surface area contributed by atoms with Gasteiger partial charge in [-0.25, -0.2) is 4.98 Å². The SMILES string of the molecule is Cc1nc(-c2ccc(-c3ccccc3)cc2)sc1-c1nnc(/N=C(\N)c2ccccn2)o1. The van der Waals surface area contributed by atoms with Crippen LogP contribution in [0, 0.1) is 6.92 Å². The van der Waals surface area contributed by atoms with Gasteiger partial charge in [0, 0.05) is 11.8 Å². The average Bonchev–Trinajstić information content (AvgIpc) is 3.46. The minimum atomic E-state index is 0.0738. The minimum Gasteiger partial charge on any atom is -0.401 e. The number of hydrogen-bond acceptors (Lipinski definition) is 7. The summed E-state index contributed by atoms with van der Waals surface area (Å²) in [5.74, 6) is 0.570. The van der Waals surface area contributed by atoms with Crippen molar-refractivity contribution in [3.8, 4) is 32.5 Å². The Kier molecular flexibility index (Phi) is 5.27. The molecule has 0 unspecified atom stereocenters. The maximum Gasteiger partial charge on any atom is 0.344 e. The van der Waals surface area contributed by atoms with Crippen molar-refractivity contribution in [1.82, 2.24) is 20.2 Å². The lowest BCUT2D eigenvalue weighted by Crippen LogP contribution is -2.14. The highest BCUT2D eigenvalue weighted by atomic mass is 32.1. The molecule has 5 aromatic rings. The summed E-state index contributed by atoms with van der Waals surface area (Å²) < 4.78 is 5.72. The van der Waals surface area contributed by atoms with Gasteiger partial charge in [-0.15, -0.1) is 16.4 Å². The standard InChI is InChI=1S/C24H18N6OS/c1-15-20(22-29-30-24(31-22)28-21(25)19-9-5-6-14-26-19)32-23(27-15)18-12-10-17(11-13-18)16-7-3-2-4-8-16/h2-14H,1H3,(H2,25,28,30). The van der Waals surface area contributed by atoms with Crippen molar-refractivity contribution in [2.75, 3.05) is 0 Å². The third-order valence-electron chi connectivity index (χ3n) is 4.79. The number of aryl methyl sites for hydroxylation is 1.